The smallest absolute Gasteiger partial charge is 0.330 e. The molecule has 1 saturated carbocycles. The van der Waals surface area contributed by atoms with Crippen LogP contribution in [0.4, 0.5) is 0 Å². The Labute approximate surface area is 102 Å². The molecule has 0 amide bonds. The number of esters is 2. The second kappa shape index (κ2) is 7.09. The van der Waals surface area contributed by atoms with Gasteiger partial charge in [-0.15, -0.1) is 0 Å². The fraction of sp³-hybridized carbons (Fsp3) is 0.692. The van der Waals surface area contributed by atoms with Crippen LogP contribution in [0.3, 0.4) is 0 Å². The van der Waals surface area contributed by atoms with Crippen molar-refractivity contribution in [3.63, 3.8) is 0 Å². The Hall–Kier alpha value is -1.32. The zero-order valence-corrected chi connectivity index (χ0v) is 10.3. The van der Waals surface area contributed by atoms with Gasteiger partial charge < -0.3 is 9.47 Å². The molecule has 0 saturated heterocycles. The van der Waals surface area contributed by atoms with Crippen molar-refractivity contribution in [2.24, 2.45) is 5.92 Å². The van der Waals surface area contributed by atoms with Crippen LogP contribution in [-0.2, 0) is 19.1 Å². The molecule has 1 rings (SSSR count). The van der Waals surface area contributed by atoms with Gasteiger partial charge in [-0.05, 0) is 38.0 Å². The van der Waals surface area contributed by atoms with Crippen LogP contribution >= 0.6 is 0 Å². The first kappa shape index (κ1) is 13.7. The Bertz CT molecular complexity index is 277. The lowest BCUT2D eigenvalue weighted by Crippen LogP contribution is -2.24. The van der Waals surface area contributed by atoms with Crippen molar-refractivity contribution in [1.82, 2.24) is 0 Å². The fourth-order valence-electron chi connectivity index (χ4n) is 2.12. The zero-order valence-electron chi connectivity index (χ0n) is 10.3. The molecule has 0 aromatic rings. The van der Waals surface area contributed by atoms with E-state index in [1.807, 2.05) is 0 Å². The SMILES string of the molecule is C=CC(=O)OC1CCC(CCOC(C)=O)CC1. The van der Waals surface area contributed by atoms with Gasteiger partial charge in [-0.2, -0.15) is 0 Å². The van der Waals surface area contributed by atoms with E-state index in [4.69, 9.17) is 9.47 Å². The van der Waals surface area contributed by atoms with Crippen LogP contribution in [0.1, 0.15) is 39.0 Å². The number of carbonyl (C=O) groups excluding carboxylic acids is 2. The maximum atomic E-state index is 11.0. The lowest BCUT2D eigenvalue weighted by molar-refractivity contribution is -0.145. The van der Waals surface area contributed by atoms with Crippen molar-refractivity contribution < 1.29 is 19.1 Å². The van der Waals surface area contributed by atoms with Gasteiger partial charge in [0.2, 0.25) is 0 Å². The number of hydrogen-bond donors (Lipinski definition) is 0. The maximum Gasteiger partial charge on any atom is 0.330 e. The normalized spacial score (nSPS) is 23.8. The van der Waals surface area contributed by atoms with Gasteiger partial charge in [0.1, 0.15) is 6.10 Å². The van der Waals surface area contributed by atoms with Crippen LogP contribution in [-0.4, -0.2) is 24.6 Å². The molecule has 1 fully saturated rings. The van der Waals surface area contributed by atoms with E-state index >= 15 is 0 Å². The van der Waals surface area contributed by atoms with E-state index in [1.54, 1.807) is 0 Å². The van der Waals surface area contributed by atoms with Crippen LogP contribution < -0.4 is 0 Å². The monoisotopic (exact) mass is 240 g/mol. The quantitative estimate of drug-likeness (QED) is 0.546. The molecule has 0 spiro atoms. The minimum absolute atomic E-state index is 0.0328. The predicted octanol–water partition coefficient (Wildman–Crippen LogP) is 2.23. The molecule has 0 bridgehead atoms. The molecule has 1 aliphatic rings. The largest absolute Gasteiger partial charge is 0.466 e. The fourth-order valence-corrected chi connectivity index (χ4v) is 2.12. The third-order valence-electron chi connectivity index (χ3n) is 3.07. The Morgan fingerprint density at radius 1 is 1.29 bits per heavy atom. The first-order valence-electron chi connectivity index (χ1n) is 6.08. The lowest BCUT2D eigenvalue weighted by Gasteiger charge is -2.27. The molecule has 96 valence electrons. The van der Waals surface area contributed by atoms with Crippen molar-refractivity contribution in [2.75, 3.05) is 6.61 Å². The third-order valence-corrected chi connectivity index (χ3v) is 3.07. The summed E-state index contributed by atoms with van der Waals surface area (Å²) in [6.07, 6.45) is 5.97. The molecule has 0 unspecified atom stereocenters. The molecule has 4 heteroatoms. The topological polar surface area (TPSA) is 52.6 Å². The Morgan fingerprint density at radius 2 is 1.94 bits per heavy atom. The van der Waals surface area contributed by atoms with E-state index in [0.29, 0.717) is 12.5 Å². The lowest BCUT2D eigenvalue weighted by atomic mass is 9.85. The van der Waals surface area contributed by atoms with Crippen molar-refractivity contribution >= 4 is 11.9 Å². The molecule has 1 aliphatic carbocycles. The highest BCUT2D eigenvalue weighted by molar-refractivity contribution is 5.81. The first-order chi connectivity index (χ1) is 8.11. The highest BCUT2D eigenvalue weighted by Gasteiger charge is 2.23. The van der Waals surface area contributed by atoms with E-state index in [1.165, 1.54) is 13.0 Å². The second-order valence-electron chi connectivity index (χ2n) is 4.41. The van der Waals surface area contributed by atoms with Crippen molar-refractivity contribution in [3.05, 3.63) is 12.7 Å². The Morgan fingerprint density at radius 3 is 2.47 bits per heavy atom. The highest BCUT2D eigenvalue weighted by Crippen LogP contribution is 2.28. The van der Waals surface area contributed by atoms with Gasteiger partial charge >= 0.3 is 11.9 Å². The standard InChI is InChI=1S/C13H20O4/c1-3-13(15)17-12-6-4-11(5-7-12)8-9-16-10(2)14/h3,11-12H,1,4-9H2,2H3. The summed E-state index contributed by atoms with van der Waals surface area (Å²) < 4.78 is 10.1. The predicted molar refractivity (Wildman–Crippen MR) is 63.3 cm³/mol. The van der Waals surface area contributed by atoms with Crippen LogP contribution in [0.2, 0.25) is 0 Å². The van der Waals surface area contributed by atoms with E-state index in [9.17, 15) is 9.59 Å². The summed E-state index contributed by atoms with van der Waals surface area (Å²) >= 11 is 0. The number of ether oxygens (including phenoxy) is 2. The summed E-state index contributed by atoms with van der Waals surface area (Å²) in [6, 6.07) is 0. The van der Waals surface area contributed by atoms with Crippen LogP contribution in [0.25, 0.3) is 0 Å². The third kappa shape index (κ3) is 5.52. The number of hydrogen-bond acceptors (Lipinski definition) is 4. The summed E-state index contributed by atoms with van der Waals surface area (Å²) in [5.41, 5.74) is 0. The summed E-state index contributed by atoms with van der Waals surface area (Å²) in [5, 5.41) is 0. The number of carbonyl (C=O) groups is 2. The van der Waals surface area contributed by atoms with E-state index in [0.717, 1.165) is 32.1 Å². The van der Waals surface area contributed by atoms with Crippen LogP contribution in [0.5, 0.6) is 0 Å². The Balaban J connectivity index is 2.15. The molecule has 0 aromatic heterocycles. The van der Waals surface area contributed by atoms with Crippen LogP contribution in [0, 0.1) is 5.92 Å². The molecule has 4 nitrogen and oxygen atoms in total. The van der Waals surface area contributed by atoms with Crippen LogP contribution in [0.15, 0.2) is 12.7 Å². The molecular formula is C13H20O4. The van der Waals surface area contributed by atoms with E-state index < -0.39 is 0 Å². The molecule has 0 heterocycles. The van der Waals surface area contributed by atoms with Crippen molar-refractivity contribution in [3.8, 4) is 0 Å². The summed E-state index contributed by atoms with van der Waals surface area (Å²) in [4.78, 5) is 21.6. The minimum atomic E-state index is -0.339. The van der Waals surface area contributed by atoms with E-state index in [2.05, 4.69) is 6.58 Å². The summed E-state index contributed by atoms with van der Waals surface area (Å²) in [5.74, 6) is 0.0139. The molecular weight excluding hydrogens is 220 g/mol. The van der Waals surface area contributed by atoms with Gasteiger partial charge in [-0.3, -0.25) is 4.79 Å². The van der Waals surface area contributed by atoms with Crippen molar-refractivity contribution in [1.29, 1.82) is 0 Å². The van der Waals surface area contributed by atoms with Gasteiger partial charge in [0, 0.05) is 13.0 Å². The Kier molecular flexibility index (Phi) is 5.73. The van der Waals surface area contributed by atoms with Gasteiger partial charge in [0.25, 0.3) is 0 Å². The summed E-state index contributed by atoms with van der Waals surface area (Å²) in [7, 11) is 0. The molecule has 0 N–H and O–H groups in total. The molecule has 0 aliphatic heterocycles. The average Bonchev–Trinajstić information content (AvgIpc) is 2.31. The summed E-state index contributed by atoms with van der Waals surface area (Å²) in [6.45, 7) is 5.29. The molecule has 0 radical (unpaired) electrons. The number of rotatable bonds is 5. The maximum absolute atomic E-state index is 11.0. The van der Waals surface area contributed by atoms with Gasteiger partial charge in [-0.25, -0.2) is 4.79 Å². The molecule has 0 aromatic carbocycles. The van der Waals surface area contributed by atoms with Gasteiger partial charge in [-0.1, -0.05) is 6.58 Å². The van der Waals surface area contributed by atoms with Gasteiger partial charge in [0.05, 0.1) is 6.61 Å². The highest BCUT2D eigenvalue weighted by atomic mass is 16.5. The van der Waals surface area contributed by atoms with Crippen molar-refractivity contribution in [2.45, 2.75) is 45.1 Å². The first-order valence-corrected chi connectivity index (χ1v) is 6.08. The average molecular weight is 240 g/mol. The minimum Gasteiger partial charge on any atom is -0.466 e. The van der Waals surface area contributed by atoms with E-state index in [-0.39, 0.29) is 18.0 Å². The van der Waals surface area contributed by atoms with Gasteiger partial charge in [0.15, 0.2) is 0 Å². The zero-order chi connectivity index (χ0) is 12.7. The molecule has 17 heavy (non-hydrogen) atoms. The second-order valence-corrected chi connectivity index (χ2v) is 4.41. The molecule has 0 atom stereocenters.